The molecule has 0 N–H and O–H groups in total. The molecule has 0 aromatic rings. The van der Waals surface area contributed by atoms with E-state index in [-0.39, 0.29) is 0 Å². The predicted molar refractivity (Wildman–Crippen MR) is 71.1 cm³/mol. The first kappa shape index (κ1) is 9.74. The second-order valence-electron chi connectivity index (χ2n) is 3.14. The SMILES string of the molecule is [SiH3][SiH2][SiH]([SiH3])[SiH2][SiH]([SiH3])[SiH3]. The monoisotopic (exact) mass is 242 g/mol. The van der Waals surface area contributed by atoms with Gasteiger partial charge in [0.25, 0.3) is 0 Å². The largest absolute Gasteiger partial charge is 0.0119 e. The van der Waals surface area contributed by atoms with E-state index in [1.165, 1.54) is 0 Å². The molecule has 0 fully saturated rings. The van der Waals surface area contributed by atoms with Crippen molar-refractivity contribution in [3.8, 4) is 0 Å². The van der Waals surface area contributed by atoms with Crippen molar-refractivity contribution in [2.24, 2.45) is 0 Å². The summed E-state index contributed by atoms with van der Waals surface area (Å²) < 4.78 is 0. The predicted octanol–water partition coefficient (Wildman–Crippen LogP) is -7.86. The molecule has 8 heteroatoms. The molecule has 0 nitrogen and oxygen atoms in total. The van der Waals surface area contributed by atoms with Crippen molar-refractivity contribution in [1.82, 2.24) is 0 Å². The van der Waals surface area contributed by atoms with Gasteiger partial charge in [-0.25, -0.2) is 0 Å². The van der Waals surface area contributed by atoms with E-state index in [2.05, 4.69) is 0 Å². The lowest BCUT2D eigenvalue weighted by Gasteiger charge is -2.05. The number of rotatable bonds is 3. The highest BCUT2D eigenvalue weighted by molar-refractivity contribution is 7.80. The summed E-state index contributed by atoms with van der Waals surface area (Å²) in [5.41, 5.74) is 0. The van der Waals surface area contributed by atoms with E-state index in [1.54, 1.807) is 39.0 Å². The van der Waals surface area contributed by atoms with E-state index in [9.17, 15) is 0 Å². The second-order valence-corrected chi connectivity index (χ2v) is 84.9. The van der Waals surface area contributed by atoms with Crippen LogP contribution in [0.5, 0.6) is 0 Å². The molecule has 0 radical (unpaired) electrons. The van der Waals surface area contributed by atoms with Crippen LogP contribution in [0.25, 0.3) is 0 Å². The molecule has 0 aromatic carbocycles. The van der Waals surface area contributed by atoms with Crippen molar-refractivity contribution in [1.29, 1.82) is 0 Å². The standard InChI is InChI=1S/H18Si8/c1-5-8(4)6-7(2)3/h7-8H,5-6H2,1-4H3. The fraction of sp³-hybridized carbons (Fsp3) is 0. The Kier molecular flexibility index (Phi) is 6.71. The van der Waals surface area contributed by atoms with Crippen LogP contribution < -0.4 is 0 Å². The minimum Gasteiger partial charge on any atom is -0.0119 e. The van der Waals surface area contributed by atoms with E-state index in [0.717, 1.165) is 17.1 Å². The summed E-state index contributed by atoms with van der Waals surface area (Å²) in [6.45, 7) is 0. The van der Waals surface area contributed by atoms with E-state index >= 15 is 0 Å². The molecule has 0 bridgehead atoms. The van der Waals surface area contributed by atoms with Crippen LogP contribution in [-0.2, 0) is 0 Å². The highest BCUT2D eigenvalue weighted by atomic mass is 30.1. The molecule has 0 aromatic heterocycles. The van der Waals surface area contributed by atoms with Gasteiger partial charge < -0.3 is 0 Å². The Labute approximate surface area is 70.7 Å². The van der Waals surface area contributed by atoms with Gasteiger partial charge in [-0.1, -0.05) is 0 Å². The van der Waals surface area contributed by atoms with Gasteiger partial charge in [0.2, 0.25) is 0 Å². The van der Waals surface area contributed by atoms with Gasteiger partial charge in [0, 0.05) is 0 Å². The third kappa shape index (κ3) is 5.86. The fourth-order valence-corrected chi connectivity index (χ4v) is 236. The van der Waals surface area contributed by atoms with Gasteiger partial charge in [-0.3, -0.25) is 0 Å². The zero-order valence-electron chi connectivity index (χ0n) is 6.57. The summed E-state index contributed by atoms with van der Waals surface area (Å²) in [7, 11) is 9.22. The van der Waals surface area contributed by atoms with Crippen LogP contribution in [0.2, 0.25) is 0 Å². The highest BCUT2D eigenvalue weighted by Gasteiger charge is 2.04. The second kappa shape index (κ2) is 5.51. The van der Waals surface area contributed by atoms with Crippen LogP contribution in [0.3, 0.4) is 0 Å². The maximum atomic E-state index is 1.76. The highest BCUT2D eigenvalue weighted by Crippen LogP contribution is 1.67. The molecule has 1 unspecified atom stereocenters. The smallest absolute Gasteiger partial charge is 0.00748 e. The molecule has 0 aliphatic rings. The fourth-order valence-electron chi connectivity index (χ4n) is 0.971. The topological polar surface area (TPSA) is 0 Å². The lowest BCUT2D eigenvalue weighted by atomic mass is 26.0. The number of hydrogen-bond acceptors (Lipinski definition) is 0. The molecule has 0 rings (SSSR count). The maximum Gasteiger partial charge on any atom is -0.00748 e. The first-order chi connectivity index (χ1) is 3.66. The van der Waals surface area contributed by atoms with Gasteiger partial charge >= 0.3 is 0 Å². The Morgan fingerprint density at radius 1 is 1.12 bits per heavy atom. The molecule has 0 spiro atoms. The summed E-state index contributed by atoms with van der Waals surface area (Å²) in [5, 5.41) is 0. The Morgan fingerprint density at radius 2 is 1.62 bits per heavy atom. The lowest BCUT2D eigenvalue weighted by molar-refractivity contribution is 3.71. The molecular weight excluding hydrogens is 225 g/mol. The zero-order chi connectivity index (χ0) is 6.57. The van der Waals surface area contributed by atoms with Gasteiger partial charge in [0.1, 0.15) is 0 Å². The number of hydrogen-bond donors (Lipinski definition) is 0. The molecule has 0 saturated carbocycles. The minimum atomic E-state index is 0.324. The first-order valence-corrected chi connectivity index (χ1v) is 33.0. The molecule has 0 aliphatic heterocycles. The van der Waals surface area contributed by atoms with Crippen LogP contribution in [0.15, 0.2) is 0 Å². The minimum absolute atomic E-state index is 0.324. The molecule has 1 atom stereocenters. The van der Waals surface area contributed by atoms with Crippen molar-refractivity contribution in [2.75, 3.05) is 0 Å². The molecule has 50 valence electrons. The molecule has 0 saturated heterocycles. The maximum absolute atomic E-state index is 1.76. The van der Waals surface area contributed by atoms with Gasteiger partial charge in [-0.15, -0.1) is 0 Å². The van der Waals surface area contributed by atoms with E-state index in [1.807, 2.05) is 0 Å². The average molecular weight is 243 g/mol. The third-order valence-electron chi connectivity index (χ3n) is 1.57. The van der Waals surface area contributed by atoms with Gasteiger partial charge in [-0.05, 0) is 70.8 Å². The lowest BCUT2D eigenvalue weighted by Crippen LogP contribution is -2.42. The van der Waals surface area contributed by atoms with Gasteiger partial charge in [0.15, 0.2) is 0 Å². The van der Waals surface area contributed by atoms with Crippen molar-refractivity contribution in [3.05, 3.63) is 0 Å². The molecule has 0 aliphatic carbocycles. The molecule has 0 amide bonds. The summed E-state index contributed by atoms with van der Waals surface area (Å²) in [6, 6.07) is 0. The van der Waals surface area contributed by atoms with Crippen LogP contribution in [0, 0.1) is 0 Å². The Bertz CT molecular complexity index is 46.0. The van der Waals surface area contributed by atoms with E-state index < -0.39 is 0 Å². The van der Waals surface area contributed by atoms with Crippen LogP contribution >= 0.6 is 0 Å². The summed E-state index contributed by atoms with van der Waals surface area (Å²) in [6.07, 6.45) is 0. The Hall–Kier alpha value is 1.74. The van der Waals surface area contributed by atoms with Crippen LogP contribution in [0.1, 0.15) is 0 Å². The Balaban J connectivity index is 3.10. The molecule has 0 heterocycles. The van der Waals surface area contributed by atoms with Crippen molar-refractivity contribution < 1.29 is 0 Å². The average Bonchev–Trinajstić information content (AvgIpc) is 1.65. The Morgan fingerprint density at radius 3 is 1.75 bits per heavy atom. The van der Waals surface area contributed by atoms with Crippen molar-refractivity contribution >= 4 is 70.8 Å². The van der Waals surface area contributed by atoms with E-state index in [4.69, 9.17) is 0 Å². The molecule has 8 heavy (non-hydrogen) atoms. The third-order valence-corrected chi connectivity index (χ3v) is 127. The van der Waals surface area contributed by atoms with E-state index in [0.29, 0.717) is 14.7 Å². The first-order valence-electron chi connectivity index (χ1n) is 3.66. The summed E-state index contributed by atoms with van der Waals surface area (Å²) in [5.74, 6) is 0. The molecular formula is H18Si8. The summed E-state index contributed by atoms with van der Waals surface area (Å²) in [4.78, 5) is 0. The zero-order valence-corrected chi connectivity index (χ0v) is 19.7. The normalized spacial score (nSPS) is 22.5. The quantitative estimate of drug-likeness (QED) is 0.432. The van der Waals surface area contributed by atoms with Crippen LogP contribution in [-0.4, -0.2) is 70.8 Å². The van der Waals surface area contributed by atoms with Crippen LogP contribution in [0.4, 0.5) is 0 Å². The summed E-state index contributed by atoms with van der Waals surface area (Å²) >= 11 is 0. The van der Waals surface area contributed by atoms with Gasteiger partial charge in [-0.2, -0.15) is 0 Å². The van der Waals surface area contributed by atoms with Gasteiger partial charge in [0.05, 0.1) is 0 Å². The van der Waals surface area contributed by atoms with Crippen molar-refractivity contribution in [3.63, 3.8) is 0 Å². The van der Waals surface area contributed by atoms with Crippen molar-refractivity contribution in [2.45, 2.75) is 0 Å².